The summed E-state index contributed by atoms with van der Waals surface area (Å²) in [5, 5.41) is 10.3. The standard InChI is InChI=1S/C14H14N4O2S/c1-10-13(19)18(14(21)17-16-10)15-9-5-7-11-6-3-4-8-12(11)20-2/h3-9H,1-2H3,(H,17,21)/b7-5+,15-9-. The molecule has 2 rings (SSSR count). The number of hydrogen-bond donors (Lipinski definition) is 1. The largest absolute Gasteiger partial charge is 0.496 e. The van der Waals surface area contributed by atoms with Gasteiger partial charge in [0.15, 0.2) is 0 Å². The first-order valence-electron chi connectivity index (χ1n) is 6.16. The number of nitrogens with one attached hydrogen (secondary N) is 1. The fourth-order valence-corrected chi connectivity index (χ4v) is 1.81. The predicted molar refractivity (Wildman–Crippen MR) is 84.3 cm³/mol. The Kier molecular flexibility index (Phi) is 4.78. The lowest BCUT2D eigenvalue weighted by Gasteiger charge is -2.02. The molecule has 0 saturated heterocycles. The number of para-hydroxylation sites is 1. The van der Waals surface area contributed by atoms with Crippen LogP contribution in [0.25, 0.3) is 6.08 Å². The number of rotatable bonds is 4. The van der Waals surface area contributed by atoms with Crippen molar-refractivity contribution in [2.24, 2.45) is 5.10 Å². The lowest BCUT2D eigenvalue weighted by atomic mass is 10.2. The van der Waals surface area contributed by atoms with Crippen molar-refractivity contribution in [2.45, 2.75) is 6.92 Å². The highest BCUT2D eigenvalue weighted by molar-refractivity contribution is 7.71. The molecule has 0 aliphatic rings. The molecule has 21 heavy (non-hydrogen) atoms. The molecule has 1 heterocycles. The van der Waals surface area contributed by atoms with Crippen LogP contribution >= 0.6 is 12.2 Å². The first kappa shape index (κ1) is 14.9. The van der Waals surface area contributed by atoms with Gasteiger partial charge in [-0.3, -0.25) is 9.89 Å². The number of hydrogen-bond acceptors (Lipinski definition) is 5. The lowest BCUT2D eigenvalue weighted by Crippen LogP contribution is -2.22. The van der Waals surface area contributed by atoms with Crippen LogP contribution in [0.15, 0.2) is 40.2 Å². The van der Waals surface area contributed by atoms with Gasteiger partial charge in [-0.25, -0.2) is 0 Å². The number of nitrogens with zero attached hydrogens (tertiary/aromatic N) is 3. The first-order valence-corrected chi connectivity index (χ1v) is 6.56. The Morgan fingerprint density at radius 3 is 2.95 bits per heavy atom. The monoisotopic (exact) mass is 302 g/mol. The normalized spacial score (nSPS) is 11.3. The summed E-state index contributed by atoms with van der Waals surface area (Å²) in [6, 6.07) is 7.58. The second-order valence-electron chi connectivity index (χ2n) is 4.10. The van der Waals surface area contributed by atoms with Crippen molar-refractivity contribution in [1.29, 1.82) is 0 Å². The molecule has 0 unspecified atom stereocenters. The average molecular weight is 302 g/mol. The Bertz CT molecular complexity index is 805. The number of ether oxygens (including phenoxy) is 1. The minimum atomic E-state index is -0.347. The maximum absolute atomic E-state index is 11.8. The van der Waals surface area contributed by atoms with Crippen LogP contribution in [0.1, 0.15) is 11.3 Å². The van der Waals surface area contributed by atoms with E-state index >= 15 is 0 Å². The number of H-pyrrole nitrogens is 1. The van der Waals surface area contributed by atoms with Gasteiger partial charge in [0.2, 0.25) is 4.77 Å². The zero-order chi connectivity index (χ0) is 15.2. The maximum Gasteiger partial charge on any atom is 0.296 e. The molecule has 0 radical (unpaired) electrons. The topological polar surface area (TPSA) is 72.3 Å². The molecular weight excluding hydrogens is 288 g/mol. The van der Waals surface area contributed by atoms with Gasteiger partial charge in [0, 0.05) is 11.8 Å². The summed E-state index contributed by atoms with van der Waals surface area (Å²) in [4.78, 5) is 11.8. The van der Waals surface area contributed by atoms with Crippen molar-refractivity contribution < 1.29 is 4.74 Å². The van der Waals surface area contributed by atoms with Gasteiger partial charge in [-0.1, -0.05) is 18.2 Å². The zero-order valence-corrected chi connectivity index (χ0v) is 12.4. The molecule has 0 spiro atoms. The van der Waals surface area contributed by atoms with Crippen molar-refractivity contribution in [1.82, 2.24) is 14.9 Å². The summed E-state index contributed by atoms with van der Waals surface area (Å²) in [5.74, 6) is 0.761. The van der Waals surface area contributed by atoms with Crippen molar-refractivity contribution in [3.63, 3.8) is 0 Å². The number of methoxy groups -OCH3 is 1. The van der Waals surface area contributed by atoms with Gasteiger partial charge in [0.05, 0.1) is 7.11 Å². The van der Waals surface area contributed by atoms with Crippen LogP contribution in [-0.2, 0) is 0 Å². The van der Waals surface area contributed by atoms with E-state index in [1.54, 1.807) is 20.1 Å². The number of aryl methyl sites for hydroxylation is 1. The molecule has 1 N–H and O–H groups in total. The van der Waals surface area contributed by atoms with Crippen LogP contribution in [-0.4, -0.2) is 28.2 Å². The van der Waals surface area contributed by atoms with E-state index in [2.05, 4.69) is 15.3 Å². The fourth-order valence-electron chi connectivity index (χ4n) is 1.63. The molecule has 7 heteroatoms. The lowest BCUT2D eigenvalue weighted by molar-refractivity contribution is 0.414. The Labute approximate surface area is 126 Å². The molecule has 0 amide bonds. The Morgan fingerprint density at radius 2 is 2.19 bits per heavy atom. The summed E-state index contributed by atoms with van der Waals surface area (Å²) in [5.41, 5.74) is 0.866. The summed E-state index contributed by atoms with van der Waals surface area (Å²) in [6.45, 7) is 1.59. The van der Waals surface area contributed by atoms with Gasteiger partial charge in [0.25, 0.3) is 5.56 Å². The first-order chi connectivity index (χ1) is 10.1. The highest BCUT2D eigenvalue weighted by Crippen LogP contribution is 2.18. The molecule has 0 bridgehead atoms. The second-order valence-corrected chi connectivity index (χ2v) is 4.48. The van der Waals surface area contributed by atoms with Gasteiger partial charge in [-0.05, 0) is 37.4 Å². The third kappa shape index (κ3) is 3.51. The second kappa shape index (κ2) is 6.76. The predicted octanol–water partition coefficient (Wildman–Crippen LogP) is 2.17. The van der Waals surface area contributed by atoms with Gasteiger partial charge >= 0.3 is 0 Å². The molecule has 0 aliphatic heterocycles. The van der Waals surface area contributed by atoms with E-state index in [4.69, 9.17) is 17.0 Å². The van der Waals surface area contributed by atoms with Crippen LogP contribution in [0, 0.1) is 11.7 Å². The molecular formula is C14H14N4O2S. The van der Waals surface area contributed by atoms with E-state index in [1.807, 2.05) is 30.3 Å². The number of benzene rings is 1. The summed E-state index contributed by atoms with van der Waals surface area (Å²) >= 11 is 4.97. The minimum Gasteiger partial charge on any atom is -0.496 e. The van der Waals surface area contributed by atoms with Crippen LogP contribution in [0.2, 0.25) is 0 Å². The van der Waals surface area contributed by atoms with Crippen molar-refractivity contribution in [2.75, 3.05) is 7.11 Å². The van der Waals surface area contributed by atoms with E-state index < -0.39 is 0 Å². The molecule has 0 aliphatic carbocycles. The molecule has 2 aromatic rings. The minimum absolute atomic E-state index is 0.146. The van der Waals surface area contributed by atoms with Gasteiger partial charge in [-0.2, -0.15) is 14.9 Å². The molecule has 0 atom stereocenters. The van der Waals surface area contributed by atoms with Crippen molar-refractivity contribution in [3.05, 3.63) is 56.7 Å². The molecule has 1 aromatic heterocycles. The molecule has 0 saturated carbocycles. The highest BCUT2D eigenvalue weighted by Gasteiger charge is 2.00. The number of aromatic amines is 1. The van der Waals surface area contributed by atoms with E-state index in [9.17, 15) is 4.79 Å². The summed E-state index contributed by atoms with van der Waals surface area (Å²) < 4.78 is 6.47. The van der Waals surface area contributed by atoms with Crippen LogP contribution in [0.3, 0.4) is 0 Å². The SMILES string of the molecule is COc1ccccc1/C=C/C=N\n1c(=S)[nH]nc(C)c1=O. The van der Waals surface area contributed by atoms with E-state index in [-0.39, 0.29) is 10.3 Å². The molecule has 1 aromatic carbocycles. The quantitative estimate of drug-likeness (QED) is 0.694. The van der Waals surface area contributed by atoms with Crippen LogP contribution < -0.4 is 10.3 Å². The highest BCUT2D eigenvalue weighted by atomic mass is 32.1. The zero-order valence-electron chi connectivity index (χ0n) is 11.6. The third-order valence-corrected chi connectivity index (χ3v) is 2.96. The Hall–Kier alpha value is -2.54. The third-order valence-electron chi connectivity index (χ3n) is 2.70. The molecule has 6 nitrogen and oxygen atoms in total. The Balaban J connectivity index is 2.24. The van der Waals surface area contributed by atoms with Crippen molar-refractivity contribution >= 4 is 24.5 Å². The summed E-state index contributed by atoms with van der Waals surface area (Å²) in [6.07, 6.45) is 5.01. The molecule has 108 valence electrons. The fraction of sp³-hybridized carbons (Fsp3) is 0.143. The van der Waals surface area contributed by atoms with Crippen LogP contribution in [0.5, 0.6) is 5.75 Å². The van der Waals surface area contributed by atoms with Gasteiger partial charge < -0.3 is 4.74 Å². The molecule has 0 fully saturated rings. The van der Waals surface area contributed by atoms with E-state index in [0.29, 0.717) is 5.69 Å². The van der Waals surface area contributed by atoms with E-state index in [0.717, 1.165) is 16.0 Å². The number of allylic oxidation sites excluding steroid dienone is 1. The van der Waals surface area contributed by atoms with E-state index in [1.165, 1.54) is 6.21 Å². The van der Waals surface area contributed by atoms with Gasteiger partial charge in [-0.15, -0.1) is 0 Å². The van der Waals surface area contributed by atoms with Crippen LogP contribution in [0.4, 0.5) is 0 Å². The average Bonchev–Trinajstić information content (AvgIpc) is 2.50. The maximum atomic E-state index is 11.8. The van der Waals surface area contributed by atoms with Crippen molar-refractivity contribution in [3.8, 4) is 5.75 Å². The van der Waals surface area contributed by atoms with Gasteiger partial charge in [0.1, 0.15) is 11.4 Å². The number of aromatic nitrogens is 3. The summed E-state index contributed by atoms with van der Waals surface area (Å²) in [7, 11) is 1.61. The Morgan fingerprint density at radius 1 is 1.43 bits per heavy atom. The smallest absolute Gasteiger partial charge is 0.296 e.